The highest BCUT2D eigenvalue weighted by molar-refractivity contribution is 5.38. The lowest BCUT2D eigenvalue weighted by Gasteiger charge is -2.12. The number of nitrogens with one attached hydrogen (secondary N) is 1. The van der Waals surface area contributed by atoms with Crippen LogP contribution < -0.4 is 10.1 Å². The van der Waals surface area contributed by atoms with Crippen molar-refractivity contribution < 1.29 is 4.74 Å². The fourth-order valence-electron chi connectivity index (χ4n) is 1.61. The van der Waals surface area contributed by atoms with Crippen LogP contribution in [0.2, 0.25) is 0 Å². The van der Waals surface area contributed by atoms with E-state index in [0.717, 1.165) is 31.0 Å². The van der Waals surface area contributed by atoms with Crippen LogP contribution in [0.5, 0.6) is 5.88 Å². The molecule has 0 unspecified atom stereocenters. The van der Waals surface area contributed by atoms with Crippen LogP contribution >= 0.6 is 0 Å². The lowest BCUT2D eigenvalue weighted by molar-refractivity contribution is 0.303. The van der Waals surface area contributed by atoms with Gasteiger partial charge in [-0.1, -0.05) is 34.6 Å². The first-order valence-electron chi connectivity index (χ1n) is 7.25. The molecule has 0 aliphatic rings. The largest absolute Gasteiger partial charge is 0.478 e. The second-order valence-corrected chi connectivity index (χ2v) is 5.73. The Morgan fingerprint density at radius 2 is 1.89 bits per heavy atom. The Balaban J connectivity index is 2.81. The SMILES string of the molecule is CCCOc1cc(NCC(C)C)nc(CC(C)C)n1. The molecule has 0 radical (unpaired) electrons. The van der Waals surface area contributed by atoms with Gasteiger partial charge in [0.05, 0.1) is 6.61 Å². The molecule has 1 aromatic rings. The van der Waals surface area contributed by atoms with Crippen LogP contribution in [0.15, 0.2) is 6.07 Å². The monoisotopic (exact) mass is 265 g/mol. The molecule has 1 aromatic heterocycles. The molecule has 19 heavy (non-hydrogen) atoms. The molecule has 0 saturated carbocycles. The Morgan fingerprint density at radius 1 is 1.16 bits per heavy atom. The smallest absolute Gasteiger partial charge is 0.218 e. The lowest BCUT2D eigenvalue weighted by Crippen LogP contribution is -2.12. The molecule has 0 fully saturated rings. The highest BCUT2D eigenvalue weighted by Gasteiger charge is 2.08. The summed E-state index contributed by atoms with van der Waals surface area (Å²) in [7, 11) is 0. The zero-order chi connectivity index (χ0) is 14.3. The van der Waals surface area contributed by atoms with E-state index in [1.54, 1.807) is 0 Å². The molecule has 0 aliphatic heterocycles. The number of ether oxygens (including phenoxy) is 1. The molecule has 0 spiro atoms. The predicted molar refractivity (Wildman–Crippen MR) is 79.7 cm³/mol. The van der Waals surface area contributed by atoms with E-state index < -0.39 is 0 Å². The van der Waals surface area contributed by atoms with Crippen LogP contribution in [0.25, 0.3) is 0 Å². The minimum Gasteiger partial charge on any atom is -0.478 e. The Hall–Kier alpha value is -1.32. The third kappa shape index (κ3) is 6.41. The van der Waals surface area contributed by atoms with Gasteiger partial charge in [-0.3, -0.25) is 0 Å². The normalized spacial score (nSPS) is 11.1. The van der Waals surface area contributed by atoms with Gasteiger partial charge in [-0.05, 0) is 18.3 Å². The molecular formula is C15H27N3O. The van der Waals surface area contributed by atoms with E-state index in [1.165, 1.54) is 0 Å². The molecule has 4 nitrogen and oxygen atoms in total. The van der Waals surface area contributed by atoms with E-state index in [-0.39, 0.29) is 0 Å². The van der Waals surface area contributed by atoms with E-state index in [0.29, 0.717) is 24.3 Å². The van der Waals surface area contributed by atoms with Crippen molar-refractivity contribution in [1.82, 2.24) is 9.97 Å². The molecule has 0 amide bonds. The van der Waals surface area contributed by atoms with Gasteiger partial charge in [-0.2, -0.15) is 4.98 Å². The number of nitrogens with zero attached hydrogens (tertiary/aromatic N) is 2. The average Bonchev–Trinajstić information content (AvgIpc) is 2.33. The first kappa shape index (κ1) is 15.7. The van der Waals surface area contributed by atoms with Gasteiger partial charge < -0.3 is 10.1 Å². The van der Waals surface area contributed by atoms with Crippen molar-refractivity contribution in [2.45, 2.75) is 47.5 Å². The second-order valence-electron chi connectivity index (χ2n) is 5.73. The van der Waals surface area contributed by atoms with Crippen molar-refractivity contribution in [2.24, 2.45) is 11.8 Å². The third-order valence-electron chi connectivity index (χ3n) is 2.49. The summed E-state index contributed by atoms with van der Waals surface area (Å²) < 4.78 is 5.63. The molecule has 1 heterocycles. The fraction of sp³-hybridized carbons (Fsp3) is 0.733. The van der Waals surface area contributed by atoms with Gasteiger partial charge in [0.1, 0.15) is 11.6 Å². The quantitative estimate of drug-likeness (QED) is 0.781. The van der Waals surface area contributed by atoms with Gasteiger partial charge in [0.2, 0.25) is 5.88 Å². The van der Waals surface area contributed by atoms with Crippen LogP contribution in [-0.4, -0.2) is 23.1 Å². The molecule has 0 atom stereocenters. The number of rotatable bonds is 8. The maximum absolute atomic E-state index is 5.63. The number of aromatic nitrogens is 2. The zero-order valence-corrected chi connectivity index (χ0v) is 12.9. The molecule has 0 aromatic carbocycles. The lowest BCUT2D eigenvalue weighted by atomic mass is 10.1. The minimum atomic E-state index is 0.541. The van der Waals surface area contributed by atoms with Crippen molar-refractivity contribution in [2.75, 3.05) is 18.5 Å². The van der Waals surface area contributed by atoms with E-state index in [2.05, 4.69) is 49.9 Å². The van der Waals surface area contributed by atoms with Crippen molar-refractivity contribution in [3.63, 3.8) is 0 Å². The van der Waals surface area contributed by atoms with Crippen molar-refractivity contribution in [3.05, 3.63) is 11.9 Å². The molecule has 1 rings (SSSR count). The summed E-state index contributed by atoms with van der Waals surface area (Å²) in [5, 5.41) is 3.34. The summed E-state index contributed by atoms with van der Waals surface area (Å²) in [5.74, 6) is 3.53. The Labute approximate surface area is 117 Å². The number of anilines is 1. The van der Waals surface area contributed by atoms with Gasteiger partial charge in [0.25, 0.3) is 0 Å². The third-order valence-corrected chi connectivity index (χ3v) is 2.49. The molecule has 108 valence electrons. The minimum absolute atomic E-state index is 0.541. The summed E-state index contributed by atoms with van der Waals surface area (Å²) in [6, 6.07) is 1.89. The van der Waals surface area contributed by atoms with Crippen LogP contribution in [0, 0.1) is 11.8 Å². The first-order chi connectivity index (χ1) is 9.01. The van der Waals surface area contributed by atoms with Gasteiger partial charge in [0, 0.05) is 19.0 Å². The van der Waals surface area contributed by atoms with Crippen LogP contribution in [0.3, 0.4) is 0 Å². The molecule has 1 N–H and O–H groups in total. The van der Waals surface area contributed by atoms with E-state index >= 15 is 0 Å². The van der Waals surface area contributed by atoms with Crippen molar-refractivity contribution >= 4 is 5.82 Å². The number of hydrogen-bond donors (Lipinski definition) is 1. The van der Waals surface area contributed by atoms with Gasteiger partial charge in [-0.15, -0.1) is 0 Å². The summed E-state index contributed by atoms with van der Waals surface area (Å²) in [4.78, 5) is 9.02. The summed E-state index contributed by atoms with van der Waals surface area (Å²) in [6.07, 6.45) is 1.86. The summed E-state index contributed by atoms with van der Waals surface area (Å²) in [5.41, 5.74) is 0. The Kier molecular flexibility index (Phi) is 6.60. The standard InChI is InChI=1S/C15H27N3O/c1-6-7-19-15-9-13(16-10-12(4)5)17-14(18-15)8-11(2)3/h9,11-12H,6-8,10H2,1-5H3,(H,16,17,18). The van der Waals surface area contributed by atoms with Crippen molar-refractivity contribution in [3.8, 4) is 5.88 Å². The average molecular weight is 265 g/mol. The topological polar surface area (TPSA) is 47.0 Å². The van der Waals surface area contributed by atoms with Crippen molar-refractivity contribution in [1.29, 1.82) is 0 Å². The van der Waals surface area contributed by atoms with E-state index in [9.17, 15) is 0 Å². The van der Waals surface area contributed by atoms with Crippen LogP contribution in [-0.2, 0) is 6.42 Å². The van der Waals surface area contributed by atoms with Crippen LogP contribution in [0.1, 0.15) is 46.9 Å². The molecule has 4 heteroatoms. The Morgan fingerprint density at radius 3 is 2.47 bits per heavy atom. The van der Waals surface area contributed by atoms with E-state index in [4.69, 9.17) is 4.74 Å². The van der Waals surface area contributed by atoms with Gasteiger partial charge in [-0.25, -0.2) is 4.98 Å². The summed E-state index contributed by atoms with van der Waals surface area (Å²) in [6.45, 7) is 12.4. The second kappa shape index (κ2) is 7.97. The molecule has 0 saturated heterocycles. The number of hydrogen-bond acceptors (Lipinski definition) is 4. The molecule has 0 bridgehead atoms. The first-order valence-corrected chi connectivity index (χ1v) is 7.25. The maximum atomic E-state index is 5.63. The van der Waals surface area contributed by atoms with E-state index in [1.807, 2.05) is 6.07 Å². The Bertz CT molecular complexity index is 378. The molecular weight excluding hydrogens is 238 g/mol. The highest BCUT2D eigenvalue weighted by atomic mass is 16.5. The van der Waals surface area contributed by atoms with Crippen LogP contribution in [0.4, 0.5) is 5.82 Å². The fourth-order valence-corrected chi connectivity index (χ4v) is 1.61. The zero-order valence-electron chi connectivity index (χ0n) is 12.9. The molecule has 0 aliphatic carbocycles. The van der Waals surface area contributed by atoms with Gasteiger partial charge >= 0.3 is 0 Å². The predicted octanol–water partition coefficient (Wildman–Crippen LogP) is 3.53. The van der Waals surface area contributed by atoms with Gasteiger partial charge in [0.15, 0.2) is 0 Å². The maximum Gasteiger partial charge on any atom is 0.218 e. The highest BCUT2D eigenvalue weighted by Crippen LogP contribution is 2.16. The summed E-state index contributed by atoms with van der Waals surface area (Å²) >= 11 is 0.